The van der Waals surface area contributed by atoms with Crippen molar-refractivity contribution in [2.24, 2.45) is 0 Å². The summed E-state index contributed by atoms with van der Waals surface area (Å²) in [6.07, 6.45) is -6.01. The monoisotopic (exact) mass is 365 g/mol. The van der Waals surface area contributed by atoms with Crippen molar-refractivity contribution >= 4 is 35.0 Å². The van der Waals surface area contributed by atoms with Crippen molar-refractivity contribution in [2.75, 3.05) is 5.32 Å². The normalized spacial score (nSPS) is 11.2. The fourth-order valence-corrected chi connectivity index (χ4v) is 2.01. The van der Waals surface area contributed by atoms with Crippen LogP contribution in [0.15, 0.2) is 30.3 Å². The zero-order chi connectivity index (χ0) is 17.0. The molecule has 10 heteroatoms. The van der Waals surface area contributed by atoms with Crippen LogP contribution >= 0.6 is 23.2 Å². The lowest BCUT2D eigenvalue weighted by Gasteiger charge is -2.14. The fraction of sp³-hybridized carbons (Fsp3) is 0.154. The van der Waals surface area contributed by atoms with Crippen LogP contribution < -0.4 is 5.32 Å². The summed E-state index contributed by atoms with van der Waals surface area (Å²) < 4.78 is 43.6. The van der Waals surface area contributed by atoms with Gasteiger partial charge in [-0.25, -0.2) is 14.8 Å². The number of aromatic nitrogens is 2. The molecule has 0 aliphatic rings. The van der Waals surface area contributed by atoms with Crippen molar-refractivity contribution in [3.8, 4) is 0 Å². The molecule has 0 spiro atoms. The number of hydrogen-bond acceptors (Lipinski definition) is 4. The van der Waals surface area contributed by atoms with Crippen LogP contribution in [-0.4, -0.2) is 16.1 Å². The van der Waals surface area contributed by atoms with Gasteiger partial charge in [0.2, 0.25) is 5.28 Å². The Morgan fingerprint density at radius 3 is 2.43 bits per heavy atom. The molecule has 0 aliphatic heterocycles. The Kier molecular flexibility index (Phi) is 5.27. The largest absolute Gasteiger partial charge is 0.444 e. The van der Waals surface area contributed by atoms with E-state index in [0.29, 0.717) is 5.56 Å². The maximum Gasteiger partial charge on any atom is 0.435 e. The standard InChI is InChI=1S/C13H8Cl2F3N3O2/c14-10-8(9(13(16,17)18)20-11(15)21-10)19-12(22)23-6-7-4-2-1-3-5-7/h1-5H,6H2,(H,19,22). The summed E-state index contributed by atoms with van der Waals surface area (Å²) in [6, 6.07) is 8.59. The number of nitrogens with zero attached hydrogens (tertiary/aromatic N) is 2. The molecular formula is C13H8Cl2F3N3O2. The van der Waals surface area contributed by atoms with Gasteiger partial charge in [0.15, 0.2) is 10.8 Å². The average Bonchev–Trinajstić information content (AvgIpc) is 2.47. The zero-order valence-corrected chi connectivity index (χ0v) is 12.7. The summed E-state index contributed by atoms with van der Waals surface area (Å²) in [5.41, 5.74) is -1.61. The van der Waals surface area contributed by atoms with E-state index in [0.717, 1.165) is 0 Å². The molecule has 1 N–H and O–H groups in total. The lowest BCUT2D eigenvalue weighted by molar-refractivity contribution is -0.140. The van der Waals surface area contributed by atoms with Crippen molar-refractivity contribution in [1.82, 2.24) is 9.97 Å². The Balaban J connectivity index is 2.14. The smallest absolute Gasteiger partial charge is 0.435 e. The molecule has 0 fully saturated rings. The molecule has 1 amide bonds. The molecule has 0 radical (unpaired) electrons. The Morgan fingerprint density at radius 1 is 1.17 bits per heavy atom. The quantitative estimate of drug-likeness (QED) is 0.640. The van der Waals surface area contributed by atoms with E-state index in [1.807, 2.05) is 5.32 Å². The predicted molar refractivity (Wildman–Crippen MR) is 77.3 cm³/mol. The van der Waals surface area contributed by atoms with Crippen LogP contribution in [0.5, 0.6) is 0 Å². The third-order valence-corrected chi connectivity index (χ3v) is 2.99. The number of nitrogens with one attached hydrogen (secondary N) is 1. The van der Waals surface area contributed by atoms with Gasteiger partial charge in [-0.2, -0.15) is 13.2 Å². The number of rotatable bonds is 3. The molecule has 2 rings (SSSR count). The van der Waals surface area contributed by atoms with Crippen LogP contribution in [-0.2, 0) is 17.5 Å². The number of ether oxygens (including phenoxy) is 1. The van der Waals surface area contributed by atoms with Crippen molar-refractivity contribution < 1.29 is 22.7 Å². The summed E-state index contributed by atoms with van der Waals surface area (Å²) in [6.45, 7) is -0.125. The van der Waals surface area contributed by atoms with Crippen LogP contribution in [0.4, 0.5) is 23.7 Å². The van der Waals surface area contributed by atoms with Gasteiger partial charge in [0.1, 0.15) is 12.3 Å². The first-order chi connectivity index (χ1) is 10.8. The number of halogens is 5. The molecule has 0 aliphatic carbocycles. The number of anilines is 1. The van der Waals surface area contributed by atoms with Crippen LogP contribution in [0.2, 0.25) is 10.4 Å². The van der Waals surface area contributed by atoms with Gasteiger partial charge in [0.05, 0.1) is 0 Å². The molecule has 0 atom stereocenters. The molecule has 0 unspecified atom stereocenters. The van der Waals surface area contributed by atoms with E-state index in [2.05, 4.69) is 9.97 Å². The van der Waals surface area contributed by atoms with E-state index in [4.69, 9.17) is 27.9 Å². The SMILES string of the molecule is O=C(Nc1c(Cl)nc(Cl)nc1C(F)(F)F)OCc1ccccc1. The van der Waals surface area contributed by atoms with Gasteiger partial charge in [-0.05, 0) is 17.2 Å². The Hall–Kier alpha value is -2.06. The highest BCUT2D eigenvalue weighted by molar-refractivity contribution is 6.34. The van der Waals surface area contributed by atoms with Crippen molar-refractivity contribution in [2.45, 2.75) is 12.8 Å². The Labute approximate surface area is 138 Å². The van der Waals surface area contributed by atoms with Gasteiger partial charge in [-0.1, -0.05) is 41.9 Å². The van der Waals surface area contributed by atoms with E-state index in [-0.39, 0.29) is 6.61 Å². The number of hydrogen-bond donors (Lipinski definition) is 1. The summed E-state index contributed by atoms with van der Waals surface area (Å²) in [5.74, 6) is 0. The van der Waals surface area contributed by atoms with Gasteiger partial charge in [-0.3, -0.25) is 5.32 Å². The average molecular weight is 366 g/mol. The Morgan fingerprint density at radius 2 is 1.83 bits per heavy atom. The van der Waals surface area contributed by atoms with E-state index < -0.39 is 34.1 Å². The lowest BCUT2D eigenvalue weighted by atomic mass is 10.2. The molecule has 1 aromatic heterocycles. The molecule has 2 aromatic rings. The second kappa shape index (κ2) is 7.01. The third kappa shape index (κ3) is 4.70. The maximum atomic E-state index is 12.9. The minimum absolute atomic E-state index is 0.125. The van der Waals surface area contributed by atoms with Gasteiger partial charge in [-0.15, -0.1) is 0 Å². The van der Waals surface area contributed by atoms with Crippen LogP contribution in [0.25, 0.3) is 0 Å². The van der Waals surface area contributed by atoms with Crippen molar-refractivity contribution in [3.05, 3.63) is 52.0 Å². The fourth-order valence-electron chi connectivity index (χ4n) is 1.58. The lowest BCUT2D eigenvalue weighted by Crippen LogP contribution is -2.20. The molecule has 0 bridgehead atoms. The highest BCUT2D eigenvalue weighted by atomic mass is 35.5. The first kappa shape index (κ1) is 17.3. The summed E-state index contributed by atoms with van der Waals surface area (Å²) >= 11 is 11.0. The van der Waals surface area contributed by atoms with Gasteiger partial charge in [0, 0.05) is 0 Å². The molecule has 0 saturated carbocycles. The summed E-state index contributed by atoms with van der Waals surface area (Å²) in [7, 11) is 0. The first-order valence-electron chi connectivity index (χ1n) is 6.05. The molecule has 122 valence electrons. The number of carbonyl (C=O) groups is 1. The van der Waals surface area contributed by atoms with Gasteiger partial charge >= 0.3 is 12.3 Å². The van der Waals surface area contributed by atoms with E-state index >= 15 is 0 Å². The van der Waals surface area contributed by atoms with E-state index in [1.165, 1.54) is 0 Å². The third-order valence-electron chi connectivity index (χ3n) is 2.55. The second-order valence-corrected chi connectivity index (χ2v) is 4.89. The molecule has 0 saturated heterocycles. The summed E-state index contributed by atoms with van der Waals surface area (Å²) in [5, 5.41) is 0.552. The Bertz CT molecular complexity index is 712. The van der Waals surface area contributed by atoms with Gasteiger partial charge in [0.25, 0.3) is 0 Å². The van der Waals surface area contributed by atoms with E-state index in [1.54, 1.807) is 30.3 Å². The van der Waals surface area contributed by atoms with Crippen LogP contribution in [0, 0.1) is 0 Å². The minimum atomic E-state index is -4.88. The second-order valence-electron chi connectivity index (χ2n) is 4.19. The predicted octanol–water partition coefficient (Wildman–Crippen LogP) is 4.55. The highest BCUT2D eigenvalue weighted by Crippen LogP contribution is 2.37. The number of carbonyl (C=O) groups excluding carboxylic acids is 1. The summed E-state index contributed by atoms with van der Waals surface area (Å²) in [4.78, 5) is 18.1. The van der Waals surface area contributed by atoms with Crippen molar-refractivity contribution in [1.29, 1.82) is 0 Å². The van der Waals surface area contributed by atoms with Crippen molar-refractivity contribution in [3.63, 3.8) is 0 Å². The first-order valence-corrected chi connectivity index (χ1v) is 6.81. The van der Waals surface area contributed by atoms with Crippen LogP contribution in [0.1, 0.15) is 11.3 Å². The maximum absolute atomic E-state index is 12.9. The van der Waals surface area contributed by atoms with Crippen LogP contribution in [0.3, 0.4) is 0 Å². The number of alkyl halides is 3. The molecule has 5 nitrogen and oxygen atoms in total. The topological polar surface area (TPSA) is 64.1 Å². The van der Waals surface area contributed by atoms with Gasteiger partial charge < -0.3 is 4.74 Å². The van der Waals surface area contributed by atoms with E-state index in [9.17, 15) is 18.0 Å². The number of amides is 1. The molecule has 23 heavy (non-hydrogen) atoms. The number of benzene rings is 1. The molecule has 1 heterocycles. The minimum Gasteiger partial charge on any atom is -0.444 e. The highest BCUT2D eigenvalue weighted by Gasteiger charge is 2.38. The zero-order valence-electron chi connectivity index (χ0n) is 11.2. The molecule has 1 aromatic carbocycles. The molecular weight excluding hydrogens is 358 g/mol.